The van der Waals surface area contributed by atoms with Crippen molar-refractivity contribution in [1.29, 1.82) is 0 Å². The molecule has 0 bridgehead atoms. The third-order valence-electron chi connectivity index (χ3n) is 3.59. The number of nitrogens with one attached hydrogen (secondary N) is 1. The summed E-state index contributed by atoms with van der Waals surface area (Å²) in [6, 6.07) is 15.0. The van der Waals surface area contributed by atoms with Crippen LogP contribution in [0.2, 0.25) is 0 Å². The van der Waals surface area contributed by atoms with Crippen LogP contribution >= 0.6 is 0 Å². The van der Waals surface area contributed by atoms with Gasteiger partial charge in [0.1, 0.15) is 11.3 Å². The molecule has 0 radical (unpaired) electrons. The van der Waals surface area contributed by atoms with Crippen LogP contribution < -0.4 is 5.32 Å². The predicted molar refractivity (Wildman–Crippen MR) is 91.0 cm³/mol. The van der Waals surface area contributed by atoms with Crippen molar-refractivity contribution < 1.29 is 14.3 Å². The Morgan fingerprint density at radius 1 is 1.22 bits per heavy atom. The Morgan fingerprint density at radius 3 is 2.83 bits per heavy atom. The van der Waals surface area contributed by atoms with Crippen LogP contribution in [-0.4, -0.2) is 11.0 Å². The second kappa shape index (κ2) is 6.50. The lowest BCUT2D eigenvalue weighted by atomic mass is 10.1. The highest BCUT2D eigenvalue weighted by atomic mass is 16.3. The van der Waals surface area contributed by atoms with E-state index in [9.17, 15) is 4.79 Å². The lowest BCUT2D eigenvalue weighted by Gasteiger charge is -2.08. The molecular weight excluding hydrogens is 290 g/mol. The zero-order chi connectivity index (χ0) is 16.2. The van der Waals surface area contributed by atoms with E-state index in [0.29, 0.717) is 11.4 Å². The number of benzene rings is 2. The topological polar surface area (TPSA) is 62.5 Å². The number of aliphatic hydroxyl groups excluding tert-OH is 1. The first kappa shape index (κ1) is 15.1. The van der Waals surface area contributed by atoms with E-state index in [0.717, 1.165) is 22.1 Å². The summed E-state index contributed by atoms with van der Waals surface area (Å²) in [7, 11) is 0. The fourth-order valence-corrected chi connectivity index (χ4v) is 2.32. The second-order valence-electron chi connectivity index (χ2n) is 5.32. The molecule has 0 spiro atoms. The van der Waals surface area contributed by atoms with Crippen LogP contribution in [0.3, 0.4) is 0 Å². The molecule has 1 heterocycles. The molecule has 23 heavy (non-hydrogen) atoms. The van der Waals surface area contributed by atoms with Crippen molar-refractivity contribution in [2.45, 2.75) is 13.5 Å². The molecule has 1 amide bonds. The van der Waals surface area contributed by atoms with Gasteiger partial charge in [0, 0.05) is 17.1 Å². The Hall–Kier alpha value is -2.85. The minimum atomic E-state index is -0.247. The van der Waals surface area contributed by atoms with E-state index in [4.69, 9.17) is 9.52 Å². The van der Waals surface area contributed by atoms with Gasteiger partial charge in [0.2, 0.25) is 5.91 Å². The molecule has 4 heteroatoms. The highest BCUT2D eigenvalue weighted by Crippen LogP contribution is 2.20. The van der Waals surface area contributed by atoms with E-state index in [-0.39, 0.29) is 12.5 Å². The van der Waals surface area contributed by atoms with Crippen molar-refractivity contribution in [3.05, 3.63) is 71.5 Å². The largest absolute Gasteiger partial charge is 0.457 e. The molecule has 0 atom stereocenters. The van der Waals surface area contributed by atoms with Gasteiger partial charge >= 0.3 is 0 Å². The van der Waals surface area contributed by atoms with E-state index >= 15 is 0 Å². The number of carbonyl (C=O) groups is 1. The maximum Gasteiger partial charge on any atom is 0.248 e. The SMILES string of the molecule is Cc1ccc(CO)cc1NC(=O)/C=C/c1cc2ccccc2o1. The average Bonchev–Trinajstić information content (AvgIpc) is 2.98. The number of furan rings is 1. The lowest BCUT2D eigenvalue weighted by molar-refractivity contribution is -0.111. The summed E-state index contributed by atoms with van der Waals surface area (Å²) in [4.78, 5) is 12.1. The first-order valence-electron chi connectivity index (χ1n) is 7.34. The Labute approximate surface area is 134 Å². The minimum Gasteiger partial charge on any atom is -0.457 e. The molecule has 116 valence electrons. The van der Waals surface area contributed by atoms with Gasteiger partial charge < -0.3 is 14.8 Å². The number of amides is 1. The quantitative estimate of drug-likeness (QED) is 0.719. The monoisotopic (exact) mass is 307 g/mol. The highest BCUT2D eigenvalue weighted by Gasteiger charge is 2.04. The van der Waals surface area contributed by atoms with Crippen LogP contribution in [0.1, 0.15) is 16.9 Å². The zero-order valence-electron chi connectivity index (χ0n) is 12.7. The van der Waals surface area contributed by atoms with E-state index < -0.39 is 0 Å². The van der Waals surface area contributed by atoms with Gasteiger partial charge in [-0.2, -0.15) is 0 Å². The van der Waals surface area contributed by atoms with E-state index in [1.54, 1.807) is 12.1 Å². The maximum atomic E-state index is 12.1. The van der Waals surface area contributed by atoms with Crippen LogP contribution in [-0.2, 0) is 11.4 Å². The molecule has 0 aliphatic carbocycles. The Kier molecular flexibility index (Phi) is 4.26. The average molecular weight is 307 g/mol. The molecular formula is C19H17NO3. The second-order valence-corrected chi connectivity index (χ2v) is 5.32. The molecule has 0 aliphatic heterocycles. The number of para-hydroxylation sites is 1. The Balaban J connectivity index is 1.73. The molecule has 2 N–H and O–H groups in total. The van der Waals surface area contributed by atoms with E-state index in [1.165, 1.54) is 6.08 Å². The van der Waals surface area contributed by atoms with E-state index in [2.05, 4.69) is 5.32 Å². The number of hydrogen-bond acceptors (Lipinski definition) is 3. The summed E-state index contributed by atoms with van der Waals surface area (Å²) in [6.45, 7) is 1.84. The molecule has 0 saturated heterocycles. The third kappa shape index (κ3) is 3.49. The van der Waals surface area contributed by atoms with Crippen molar-refractivity contribution in [3.63, 3.8) is 0 Å². The normalized spacial score (nSPS) is 11.2. The number of aliphatic hydroxyl groups is 1. The lowest BCUT2D eigenvalue weighted by Crippen LogP contribution is -2.09. The molecule has 0 saturated carbocycles. The standard InChI is InChI=1S/C19H17NO3/c1-13-6-7-14(12-21)10-17(13)20-19(22)9-8-16-11-15-4-2-3-5-18(15)23-16/h2-11,21H,12H2,1H3,(H,20,22)/b9-8+. The predicted octanol–water partition coefficient (Wildman–Crippen LogP) is 3.89. The molecule has 0 fully saturated rings. The van der Waals surface area contributed by atoms with Crippen LogP contribution in [0, 0.1) is 6.92 Å². The van der Waals surface area contributed by atoms with Crippen molar-refractivity contribution in [2.24, 2.45) is 0 Å². The van der Waals surface area contributed by atoms with Gasteiger partial charge in [-0.1, -0.05) is 30.3 Å². The first-order valence-corrected chi connectivity index (χ1v) is 7.34. The number of aryl methyl sites for hydroxylation is 1. The van der Waals surface area contributed by atoms with Gasteiger partial charge in [0.25, 0.3) is 0 Å². The van der Waals surface area contributed by atoms with Crippen LogP contribution in [0.25, 0.3) is 17.0 Å². The van der Waals surface area contributed by atoms with Gasteiger partial charge in [-0.05, 0) is 42.3 Å². The Bertz CT molecular complexity index is 844. The number of rotatable bonds is 4. The van der Waals surface area contributed by atoms with Gasteiger partial charge in [-0.15, -0.1) is 0 Å². The van der Waals surface area contributed by atoms with Crippen LogP contribution in [0.15, 0.2) is 59.0 Å². The number of hydrogen-bond donors (Lipinski definition) is 2. The van der Waals surface area contributed by atoms with Crippen molar-refractivity contribution in [2.75, 3.05) is 5.32 Å². The van der Waals surface area contributed by atoms with E-state index in [1.807, 2.05) is 49.4 Å². The summed E-state index contributed by atoms with van der Waals surface area (Å²) in [5, 5.41) is 13.0. The van der Waals surface area contributed by atoms with Gasteiger partial charge in [-0.25, -0.2) is 0 Å². The van der Waals surface area contributed by atoms with Crippen LogP contribution in [0.5, 0.6) is 0 Å². The molecule has 0 aliphatic rings. The smallest absolute Gasteiger partial charge is 0.248 e. The highest BCUT2D eigenvalue weighted by molar-refractivity contribution is 6.02. The summed E-state index contributed by atoms with van der Waals surface area (Å²) in [5.74, 6) is 0.380. The zero-order valence-corrected chi connectivity index (χ0v) is 12.7. The fraction of sp³-hybridized carbons (Fsp3) is 0.105. The summed E-state index contributed by atoms with van der Waals surface area (Å²) < 4.78 is 5.63. The van der Waals surface area contributed by atoms with Crippen LogP contribution in [0.4, 0.5) is 5.69 Å². The van der Waals surface area contributed by atoms with Crippen molar-refractivity contribution >= 4 is 28.6 Å². The molecule has 2 aromatic carbocycles. The van der Waals surface area contributed by atoms with Gasteiger partial charge in [0.05, 0.1) is 6.61 Å². The van der Waals surface area contributed by atoms with Crippen molar-refractivity contribution in [1.82, 2.24) is 0 Å². The first-order chi connectivity index (χ1) is 11.2. The number of fused-ring (bicyclic) bond motifs is 1. The summed E-state index contributed by atoms with van der Waals surface area (Å²) in [5.41, 5.74) is 3.18. The molecule has 4 nitrogen and oxygen atoms in total. The molecule has 0 unspecified atom stereocenters. The number of anilines is 1. The fourth-order valence-electron chi connectivity index (χ4n) is 2.32. The maximum absolute atomic E-state index is 12.1. The molecule has 1 aromatic heterocycles. The Morgan fingerprint density at radius 2 is 2.04 bits per heavy atom. The minimum absolute atomic E-state index is 0.0576. The van der Waals surface area contributed by atoms with Crippen molar-refractivity contribution in [3.8, 4) is 0 Å². The molecule has 3 aromatic rings. The summed E-state index contributed by atoms with van der Waals surface area (Å²) >= 11 is 0. The molecule has 3 rings (SSSR count). The van der Waals surface area contributed by atoms with Gasteiger partial charge in [0.15, 0.2) is 0 Å². The third-order valence-corrected chi connectivity index (χ3v) is 3.59. The number of carbonyl (C=O) groups excluding carboxylic acids is 1. The van der Waals surface area contributed by atoms with Gasteiger partial charge in [-0.3, -0.25) is 4.79 Å². The summed E-state index contributed by atoms with van der Waals surface area (Å²) in [6.07, 6.45) is 3.07.